The second kappa shape index (κ2) is 3.43. The SMILES string of the molecule is CC1(O)CSC2CCCCC2S1. The third kappa shape index (κ3) is 1.94. The molecule has 1 nitrogen and oxygen atoms in total. The van der Waals surface area contributed by atoms with Crippen molar-refractivity contribution in [2.45, 2.75) is 48.0 Å². The molecule has 1 saturated heterocycles. The summed E-state index contributed by atoms with van der Waals surface area (Å²) in [5.74, 6) is 0.916. The largest absolute Gasteiger partial charge is 0.379 e. The average Bonchev–Trinajstić information content (AvgIpc) is 2.02. The van der Waals surface area contributed by atoms with Crippen LogP contribution in [0.1, 0.15) is 32.6 Å². The molecule has 0 amide bonds. The lowest BCUT2D eigenvalue weighted by Crippen LogP contribution is -2.39. The summed E-state index contributed by atoms with van der Waals surface area (Å²) in [6.07, 6.45) is 5.46. The average molecular weight is 204 g/mol. The van der Waals surface area contributed by atoms with Gasteiger partial charge in [0.1, 0.15) is 4.93 Å². The highest BCUT2D eigenvalue weighted by molar-refractivity contribution is 8.07. The number of fused-ring (bicyclic) bond motifs is 1. The fourth-order valence-corrected chi connectivity index (χ4v) is 5.32. The van der Waals surface area contributed by atoms with Crippen LogP contribution in [0.25, 0.3) is 0 Å². The number of aliphatic hydroxyl groups is 1. The summed E-state index contributed by atoms with van der Waals surface area (Å²) in [6.45, 7) is 1.95. The third-order valence-corrected chi connectivity index (χ3v) is 6.21. The molecule has 1 saturated carbocycles. The van der Waals surface area contributed by atoms with Gasteiger partial charge >= 0.3 is 0 Å². The van der Waals surface area contributed by atoms with Gasteiger partial charge in [0.15, 0.2) is 0 Å². The van der Waals surface area contributed by atoms with Crippen LogP contribution in [0, 0.1) is 0 Å². The maximum atomic E-state index is 9.86. The van der Waals surface area contributed by atoms with Gasteiger partial charge in [0.25, 0.3) is 0 Å². The van der Waals surface area contributed by atoms with Gasteiger partial charge < -0.3 is 5.11 Å². The van der Waals surface area contributed by atoms with Gasteiger partial charge in [-0.2, -0.15) is 11.8 Å². The molecule has 0 aromatic heterocycles. The molecule has 3 atom stereocenters. The fraction of sp³-hybridized carbons (Fsp3) is 1.00. The Bertz CT molecular complexity index is 170. The lowest BCUT2D eigenvalue weighted by atomic mass is 10.00. The highest BCUT2D eigenvalue weighted by atomic mass is 32.2. The van der Waals surface area contributed by atoms with Gasteiger partial charge in [-0.15, -0.1) is 11.8 Å². The zero-order valence-corrected chi connectivity index (χ0v) is 9.09. The van der Waals surface area contributed by atoms with Gasteiger partial charge in [0.2, 0.25) is 0 Å². The third-order valence-electron chi connectivity index (χ3n) is 2.61. The molecule has 2 aliphatic rings. The number of thioether (sulfide) groups is 2. The lowest BCUT2D eigenvalue weighted by molar-refractivity contribution is 0.180. The number of hydrogen-bond acceptors (Lipinski definition) is 3. The molecule has 3 heteroatoms. The Kier molecular flexibility index (Phi) is 2.64. The second-order valence-corrected chi connectivity index (χ2v) is 6.91. The molecule has 2 rings (SSSR count). The van der Waals surface area contributed by atoms with Crippen molar-refractivity contribution in [2.24, 2.45) is 0 Å². The van der Waals surface area contributed by atoms with Crippen LogP contribution in [-0.4, -0.2) is 26.3 Å². The molecule has 1 aliphatic carbocycles. The quantitative estimate of drug-likeness (QED) is 0.654. The molecule has 0 bridgehead atoms. The summed E-state index contributed by atoms with van der Waals surface area (Å²) < 4.78 is 0. The van der Waals surface area contributed by atoms with Crippen LogP contribution in [0.5, 0.6) is 0 Å². The molecule has 1 aliphatic heterocycles. The van der Waals surface area contributed by atoms with E-state index in [-0.39, 0.29) is 0 Å². The zero-order chi connectivity index (χ0) is 8.60. The van der Waals surface area contributed by atoms with Crippen LogP contribution in [0.4, 0.5) is 0 Å². The van der Waals surface area contributed by atoms with Crippen molar-refractivity contribution < 1.29 is 5.11 Å². The monoisotopic (exact) mass is 204 g/mol. The van der Waals surface area contributed by atoms with E-state index in [4.69, 9.17) is 0 Å². The summed E-state index contributed by atoms with van der Waals surface area (Å²) in [7, 11) is 0. The standard InChI is InChI=1S/C9H16OS2/c1-9(10)6-11-7-4-2-3-5-8(7)12-9/h7-8,10H,2-6H2,1H3. The first-order valence-corrected chi connectivity index (χ1v) is 6.62. The van der Waals surface area contributed by atoms with Crippen LogP contribution >= 0.6 is 23.5 Å². The number of rotatable bonds is 0. The highest BCUT2D eigenvalue weighted by Crippen LogP contribution is 2.47. The van der Waals surface area contributed by atoms with Crippen LogP contribution in [0.15, 0.2) is 0 Å². The van der Waals surface area contributed by atoms with E-state index >= 15 is 0 Å². The Morgan fingerprint density at radius 3 is 2.67 bits per heavy atom. The Morgan fingerprint density at radius 1 is 1.25 bits per heavy atom. The van der Waals surface area contributed by atoms with Crippen molar-refractivity contribution in [2.75, 3.05) is 5.75 Å². The number of hydrogen-bond donors (Lipinski definition) is 1. The predicted molar refractivity (Wildman–Crippen MR) is 56.7 cm³/mol. The van der Waals surface area contributed by atoms with Crippen molar-refractivity contribution in [3.05, 3.63) is 0 Å². The van der Waals surface area contributed by atoms with E-state index in [9.17, 15) is 5.11 Å². The molecule has 3 unspecified atom stereocenters. The Balaban J connectivity index is 1.99. The highest BCUT2D eigenvalue weighted by Gasteiger charge is 2.38. The minimum Gasteiger partial charge on any atom is -0.379 e. The molecule has 70 valence electrons. The van der Waals surface area contributed by atoms with E-state index in [0.29, 0.717) is 0 Å². The van der Waals surface area contributed by atoms with Crippen molar-refractivity contribution in [3.8, 4) is 0 Å². The van der Waals surface area contributed by atoms with Gasteiger partial charge in [-0.05, 0) is 19.8 Å². The summed E-state index contributed by atoms with van der Waals surface area (Å²) in [5.41, 5.74) is 0. The van der Waals surface area contributed by atoms with E-state index < -0.39 is 4.93 Å². The molecule has 0 radical (unpaired) electrons. The van der Waals surface area contributed by atoms with Crippen molar-refractivity contribution in [1.82, 2.24) is 0 Å². The van der Waals surface area contributed by atoms with Crippen LogP contribution < -0.4 is 0 Å². The fourth-order valence-electron chi connectivity index (χ4n) is 2.01. The Hall–Kier alpha value is 0.660. The predicted octanol–water partition coefficient (Wildman–Crippen LogP) is 2.49. The zero-order valence-electron chi connectivity index (χ0n) is 7.45. The molecule has 0 aromatic carbocycles. The molecule has 12 heavy (non-hydrogen) atoms. The minimum absolute atomic E-state index is 0.455. The summed E-state index contributed by atoms with van der Waals surface area (Å²) in [5, 5.41) is 11.4. The smallest absolute Gasteiger partial charge is 0.117 e. The van der Waals surface area contributed by atoms with E-state index in [1.54, 1.807) is 0 Å². The molecular weight excluding hydrogens is 188 g/mol. The second-order valence-electron chi connectivity index (χ2n) is 3.97. The maximum absolute atomic E-state index is 9.86. The summed E-state index contributed by atoms with van der Waals surface area (Å²) >= 11 is 3.79. The van der Waals surface area contributed by atoms with Crippen LogP contribution in [-0.2, 0) is 0 Å². The Labute approximate surface area is 82.7 Å². The molecule has 0 spiro atoms. The van der Waals surface area contributed by atoms with Crippen molar-refractivity contribution >= 4 is 23.5 Å². The first-order chi connectivity index (χ1) is 5.67. The van der Waals surface area contributed by atoms with Crippen molar-refractivity contribution in [1.29, 1.82) is 0 Å². The van der Waals surface area contributed by atoms with Crippen LogP contribution in [0.3, 0.4) is 0 Å². The maximum Gasteiger partial charge on any atom is 0.117 e. The van der Waals surface area contributed by atoms with Gasteiger partial charge in [-0.1, -0.05) is 12.8 Å². The first kappa shape index (κ1) is 9.22. The molecular formula is C9H16OS2. The first-order valence-electron chi connectivity index (χ1n) is 4.69. The normalized spacial score (nSPS) is 48.5. The molecule has 1 heterocycles. The van der Waals surface area contributed by atoms with E-state index in [1.165, 1.54) is 25.7 Å². The van der Waals surface area contributed by atoms with Gasteiger partial charge in [-0.3, -0.25) is 0 Å². The Morgan fingerprint density at radius 2 is 1.92 bits per heavy atom. The van der Waals surface area contributed by atoms with Gasteiger partial charge in [0.05, 0.1) is 0 Å². The van der Waals surface area contributed by atoms with Gasteiger partial charge in [0, 0.05) is 16.3 Å². The van der Waals surface area contributed by atoms with Gasteiger partial charge in [-0.25, -0.2) is 0 Å². The summed E-state index contributed by atoms with van der Waals surface area (Å²) in [4.78, 5) is -0.455. The topological polar surface area (TPSA) is 20.2 Å². The van der Waals surface area contributed by atoms with E-state index in [2.05, 4.69) is 0 Å². The van der Waals surface area contributed by atoms with E-state index in [0.717, 1.165) is 16.3 Å². The van der Waals surface area contributed by atoms with Crippen LogP contribution in [0.2, 0.25) is 0 Å². The van der Waals surface area contributed by atoms with E-state index in [1.807, 2.05) is 30.4 Å². The summed E-state index contributed by atoms with van der Waals surface area (Å²) in [6, 6.07) is 0. The lowest BCUT2D eigenvalue weighted by Gasteiger charge is -2.41. The molecule has 2 fully saturated rings. The minimum atomic E-state index is -0.455. The van der Waals surface area contributed by atoms with Crippen molar-refractivity contribution in [3.63, 3.8) is 0 Å². The molecule has 0 aromatic rings. The molecule has 1 N–H and O–H groups in total.